The molecule has 2 heterocycles. The molecule has 0 atom stereocenters. The molecule has 0 amide bonds. The Morgan fingerprint density at radius 1 is 1.35 bits per heavy atom. The molecule has 0 aromatic carbocycles. The van der Waals surface area contributed by atoms with E-state index in [0.29, 0.717) is 5.76 Å². The van der Waals surface area contributed by atoms with E-state index in [2.05, 4.69) is 4.98 Å². The van der Waals surface area contributed by atoms with Crippen LogP contribution in [0.25, 0.3) is 11.5 Å². The highest BCUT2D eigenvalue weighted by molar-refractivity contribution is 5.62. The van der Waals surface area contributed by atoms with Crippen molar-refractivity contribution in [3.05, 3.63) is 45.4 Å². The predicted octanol–water partition coefficient (Wildman–Crippen LogP) is 2.00. The molecule has 2 aromatic rings. The highest BCUT2D eigenvalue weighted by Crippen LogP contribution is 2.31. The van der Waals surface area contributed by atoms with Gasteiger partial charge in [-0.2, -0.15) is 5.26 Å². The van der Waals surface area contributed by atoms with Crippen LogP contribution in [0.3, 0.4) is 0 Å². The van der Waals surface area contributed by atoms with Crippen LogP contribution in [-0.2, 0) is 12.8 Å². The number of aromatic amines is 1. The van der Waals surface area contributed by atoms with Gasteiger partial charge in [0.05, 0.1) is 12.0 Å². The number of nitrogens with one attached hydrogen (secondary N) is 1. The van der Waals surface area contributed by atoms with Gasteiger partial charge in [-0.25, -0.2) is 0 Å². The maximum atomic E-state index is 11.8. The summed E-state index contributed by atoms with van der Waals surface area (Å²) in [6.45, 7) is 0. The molecule has 0 aliphatic heterocycles. The van der Waals surface area contributed by atoms with E-state index in [4.69, 9.17) is 9.68 Å². The van der Waals surface area contributed by atoms with Gasteiger partial charge < -0.3 is 9.40 Å². The van der Waals surface area contributed by atoms with Crippen LogP contribution in [0.5, 0.6) is 0 Å². The fourth-order valence-corrected chi connectivity index (χ4v) is 2.43. The SMILES string of the molecule is N#Cc1c2c(c(-c3ccco3)[nH]c1=O)CCC2. The zero-order chi connectivity index (χ0) is 11.8. The van der Waals surface area contributed by atoms with E-state index in [-0.39, 0.29) is 11.1 Å². The topological polar surface area (TPSA) is 69.8 Å². The minimum atomic E-state index is -0.320. The normalized spacial score (nSPS) is 13.4. The summed E-state index contributed by atoms with van der Waals surface area (Å²) in [6.07, 6.45) is 4.24. The van der Waals surface area contributed by atoms with Gasteiger partial charge in [-0.1, -0.05) is 0 Å². The molecule has 0 bridgehead atoms. The molecule has 2 aromatic heterocycles. The molecule has 3 rings (SSSR count). The Labute approximate surface area is 97.5 Å². The first kappa shape index (κ1) is 9.91. The van der Waals surface area contributed by atoms with Crippen molar-refractivity contribution in [1.29, 1.82) is 5.26 Å². The molecule has 0 fully saturated rings. The lowest BCUT2D eigenvalue weighted by molar-refractivity contribution is 0.579. The molecular formula is C13H10N2O2. The number of hydrogen-bond acceptors (Lipinski definition) is 3. The molecule has 84 valence electrons. The number of aromatic nitrogens is 1. The standard InChI is InChI=1S/C13H10N2O2/c14-7-10-8-3-1-4-9(8)12(15-13(10)16)11-5-2-6-17-11/h2,5-6H,1,3-4H2,(H,15,16). The van der Waals surface area contributed by atoms with Gasteiger partial charge in [0.2, 0.25) is 0 Å². The van der Waals surface area contributed by atoms with Gasteiger partial charge in [0.25, 0.3) is 5.56 Å². The second-order valence-electron chi connectivity index (χ2n) is 4.10. The number of rotatable bonds is 1. The molecule has 4 nitrogen and oxygen atoms in total. The van der Waals surface area contributed by atoms with E-state index in [1.165, 1.54) is 0 Å². The lowest BCUT2D eigenvalue weighted by Crippen LogP contribution is -2.15. The predicted molar refractivity (Wildman–Crippen MR) is 61.5 cm³/mol. The second kappa shape index (κ2) is 3.63. The van der Waals surface area contributed by atoms with Crippen LogP contribution in [0.4, 0.5) is 0 Å². The summed E-state index contributed by atoms with van der Waals surface area (Å²) in [6, 6.07) is 5.59. The van der Waals surface area contributed by atoms with Crippen LogP contribution in [0.15, 0.2) is 27.6 Å². The molecule has 0 unspecified atom stereocenters. The van der Waals surface area contributed by atoms with Gasteiger partial charge in [0.15, 0.2) is 0 Å². The van der Waals surface area contributed by atoms with Crippen molar-refractivity contribution in [2.24, 2.45) is 0 Å². The maximum Gasteiger partial charge on any atom is 0.266 e. The van der Waals surface area contributed by atoms with Gasteiger partial charge in [-0.05, 0) is 42.5 Å². The Bertz CT molecular complexity index is 660. The number of pyridine rings is 1. The van der Waals surface area contributed by atoms with E-state index in [1.54, 1.807) is 12.3 Å². The van der Waals surface area contributed by atoms with E-state index in [0.717, 1.165) is 36.1 Å². The third-order valence-electron chi connectivity index (χ3n) is 3.17. The minimum absolute atomic E-state index is 0.257. The molecule has 1 N–H and O–H groups in total. The Balaban J connectivity index is 2.33. The average molecular weight is 226 g/mol. The van der Waals surface area contributed by atoms with Crippen molar-refractivity contribution in [3.8, 4) is 17.5 Å². The number of hydrogen-bond donors (Lipinski definition) is 1. The number of furan rings is 1. The molecule has 1 aliphatic rings. The molecule has 0 saturated heterocycles. The lowest BCUT2D eigenvalue weighted by atomic mass is 10.0. The monoisotopic (exact) mass is 226 g/mol. The lowest BCUT2D eigenvalue weighted by Gasteiger charge is -2.06. The third kappa shape index (κ3) is 1.40. The highest BCUT2D eigenvalue weighted by atomic mass is 16.3. The maximum absolute atomic E-state index is 11.8. The first-order valence-corrected chi connectivity index (χ1v) is 5.53. The van der Waals surface area contributed by atoms with Crippen molar-refractivity contribution in [3.63, 3.8) is 0 Å². The molecular weight excluding hydrogens is 216 g/mol. The number of nitriles is 1. The summed E-state index contributed by atoms with van der Waals surface area (Å²) < 4.78 is 5.32. The van der Waals surface area contributed by atoms with Crippen LogP contribution in [-0.4, -0.2) is 4.98 Å². The zero-order valence-corrected chi connectivity index (χ0v) is 9.12. The van der Waals surface area contributed by atoms with Crippen molar-refractivity contribution in [1.82, 2.24) is 4.98 Å². The first-order chi connectivity index (χ1) is 8.31. The summed E-state index contributed by atoms with van der Waals surface area (Å²) in [5.41, 5.74) is 2.61. The van der Waals surface area contributed by atoms with Crippen LogP contribution >= 0.6 is 0 Å². The van der Waals surface area contributed by atoms with Gasteiger partial charge >= 0.3 is 0 Å². The Kier molecular flexibility index (Phi) is 2.12. The summed E-state index contributed by atoms with van der Waals surface area (Å²) >= 11 is 0. The van der Waals surface area contributed by atoms with Crippen molar-refractivity contribution in [2.75, 3.05) is 0 Å². The van der Waals surface area contributed by atoms with Crippen LogP contribution in [0.2, 0.25) is 0 Å². The summed E-state index contributed by atoms with van der Waals surface area (Å²) in [5, 5.41) is 9.01. The number of nitrogens with zero attached hydrogens (tertiary/aromatic N) is 1. The fourth-order valence-electron chi connectivity index (χ4n) is 2.43. The second-order valence-corrected chi connectivity index (χ2v) is 4.10. The van der Waals surface area contributed by atoms with Crippen LogP contribution in [0.1, 0.15) is 23.1 Å². The van der Waals surface area contributed by atoms with Gasteiger partial charge in [-0.3, -0.25) is 4.79 Å². The van der Waals surface area contributed by atoms with Crippen molar-refractivity contribution in [2.45, 2.75) is 19.3 Å². The minimum Gasteiger partial charge on any atom is -0.463 e. The van der Waals surface area contributed by atoms with Crippen LogP contribution in [0, 0.1) is 11.3 Å². The quantitative estimate of drug-likeness (QED) is 0.808. The molecule has 1 aliphatic carbocycles. The Morgan fingerprint density at radius 2 is 2.18 bits per heavy atom. The van der Waals surface area contributed by atoms with Gasteiger partial charge in [0.1, 0.15) is 17.4 Å². The van der Waals surface area contributed by atoms with E-state index in [1.807, 2.05) is 12.1 Å². The van der Waals surface area contributed by atoms with E-state index in [9.17, 15) is 4.79 Å². The Hall–Kier alpha value is -2.28. The Morgan fingerprint density at radius 3 is 2.88 bits per heavy atom. The molecule has 17 heavy (non-hydrogen) atoms. The van der Waals surface area contributed by atoms with Gasteiger partial charge in [0, 0.05) is 0 Å². The van der Waals surface area contributed by atoms with Crippen LogP contribution < -0.4 is 5.56 Å². The van der Waals surface area contributed by atoms with Gasteiger partial charge in [-0.15, -0.1) is 0 Å². The average Bonchev–Trinajstić information content (AvgIpc) is 2.99. The summed E-state index contributed by atoms with van der Waals surface area (Å²) in [4.78, 5) is 14.6. The number of H-pyrrole nitrogens is 1. The van der Waals surface area contributed by atoms with Crippen molar-refractivity contribution >= 4 is 0 Å². The molecule has 4 heteroatoms. The smallest absolute Gasteiger partial charge is 0.266 e. The van der Waals surface area contributed by atoms with Crippen molar-refractivity contribution < 1.29 is 4.42 Å². The summed E-state index contributed by atoms with van der Waals surface area (Å²) in [7, 11) is 0. The third-order valence-corrected chi connectivity index (χ3v) is 3.17. The summed E-state index contributed by atoms with van der Waals surface area (Å²) in [5.74, 6) is 0.657. The molecule has 0 spiro atoms. The fraction of sp³-hybridized carbons (Fsp3) is 0.231. The van der Waals surface area contributed by atoms with E-state index >= 15 is 0 Å². The first-order valence-electron chi connectivity index (χ1n) is 5.53. The number of fused-ring (bicyclic) bond motifs is 1. The zero-order valence-electron chi connectivity index (χ0n) is 9.12. The largest absolute Gasteiger partial charge is 0.463 e. The molecule has 0 radical (unpaired) electrons. The molecule has 0 saturated carbocycles. The van der Waals surface area contributed by atoms with E-state index < -0.39 is 0 Å². The highest BCUT2D eigenvalue weighted by Gasteiger charge is 2.23.